The summed E-state index contributed by atoms with van der Waals surface area (Å²) in [4.78, 5) is 10.3. The summed E-state index contributed by atoms with van der Waals surface area (Å²) in [5, 5.41) is 29.9. The lowest BCUT2D eigenvalue weighted by atomic mass is 10.0. The minimum absolute atomic E-state index is 0.117. The number of rotatable bonds is 2. The third kappa shape index (κ3) is 1.90. The summed E-state index contributed by atoms with van der Waals surface area (Å²) in [5.41, 5.74) is 0.386. The summed E-state index contributed by atoms with van der Waals surface area (Å²) in [7, 11) is 0. The Morgan fingerprint density at radius 1 is 0.941 bits per heavy atom. The number of benzene rings is 2. The second-order valence-electron chi connectivity index (χ2n) is 3.45. The Kier molecular flexibility index (Phi) is 2.66. The van der Waals surface area contributed by atoms with Crippen LogP contribution in [0.5, 0.6) is 11.5 Å². The van der Waals surface area contributed by atoms with E-state index in [9.17, 15) is 20.3 Å². The van der Waals surface area contributed by atoms with Gasteiger partial charge in [-0.25, -0.2) is 0 Å². The van der Waals surface area contributed by atoms with Crippen LogP contribution in [-0.4, -0.2) is 15.1 Å². The number of hydrogen-bond donors (Lipinski definition) is 2. The maximum Gasteiger partial charge on any atom is 0.277 e. The molecule has 0 bridgehead atoms. The summed E-state index contributed by atoms with van der Waals surface area (Å²) in [5.74, 6) is -0.664. The Balaban J connectivity index is 2.69. The van der Waals surface area contributed by atoms with Gasteiger partial charge in [0.1, 0.15) is 0 Å². The molecule has 0 saturated carbocycles. The van der Waals surface area contributed by atoms with Crippen LogP contribution in [0.2, 0.25) is 0 Å². The molecule has 0 heterocycles. The molecule has 2 aromatic carbocycles. The average molecular weight is 231 g/mol. The van der Waals surface area contributed by atoms with Crippen molar-refractivity contribution in [1.29, 1.82) is 0 Å². The molecule has 0 aliphatic heterocycles. The highest BCUT2D eigenvalue weighted by Crippen LogP contribution is 2.39. The largest absolute Gasteiger partial charge is 0.504 e. The van der Waals surface area contributed by atoms with Gasteiger partial charge in [-0.1, -0.05) is 24.3 Å². The summed E-state index contributed by atoms with van der Waals surface area (Å²) < 4.78 is 0. The van der Waals surface area contributed by atoms with Crippen molar-refractivity contribution in [2.75, 3.05) is 0 Å². The Morgan fingerprint density at radius 2 is 1.59 bits per heavy atom. The van der Waals surface area contributed by atoms with E-state index in [4.69, 9.17) is 0 Å². The molecule has 0 fully saturated rings. The first kappa shape index (κ1) is 10.9. The van der Waals surface area contributed by atoms with Crippen molar-refractivity contribution < 1.29 is 15.1 Å². The Bertz CT molecular complexity index is 580. The Hall–Kier alpha value is -2.56. The van der Waals surface area contributed by atoms with Crippen LogP contribution in [0, 0.1) is 10.1 Å². The van der Waals surface area contributed by atoms with E-state index in [1.54, 1.807) is 12.1 Å². The van der Waals surface area contributed by atoms with Crippen molar-refractivity contribution in [3.63, 3.8) is 0 Å². The fourth-order valence-corrected chi connectivity index (χ4v) is 1.61. The number of nitrogens with zero attached hydrogens (tertiary/aromatic N) is 1. The predicted octanol–water partition coefficient (Wildman–Crippen LogP) is 2.67. The molecule has 0 unspecified atom stereocenters. The first-order valence-electron chi connectivity index (χ1n) is 4.86. The van der Waals surface area contributed by atoms with E-state index in [1.165, 1.54) is 30.3 Å². The Labute approximate surface area is 96.7 Å². The van der Waals surface area contributed by atoms with Crippen LogP contribution in [0.1, 0.15) is 0 Å². The predicted molar refractivity (Wildman–Crippen MR) is 61.9 cm³/mol. The summed E-state index contributed by atoms with van der Waals surface area (Å²) in [6, 6.07) is 10.4. The number of aromatic hydroxyl groups is 2. The zero-order chi connectivity index (χ0) is 12.4. The molecule has 2 rings (SSSR count). The maximum atomic E-state index is 10.9. The second kappa shape index (κ2) is 4.13. The maximum absolute atomic E-state index is 10.9. The van der Waals surface area contributed by atoms with Gasteiger partial charge in [0.25, 0.3) is 5.69 Å². The lowest BCUT2D eigenvalue weighted by molar-refractivity contribution is -0.384. The van der Waals surface area contributed by atoms with Gasteiger partial charge in [0.15, 0.2) is 11.5 Å². The van der Waals surface area contributed by atoms with Crippen molar-refractivity contribution in [2.45, 2.75) is 0 Å². The zero-order valence-electron chi connectivity index (χ0n) is 8.70. The van der Waals surface area contributed by atoms with E-state index in [0.717, 1.165) is 0 Å². The highest BCUT2D eigenvalue weighted by atomic mass is 16.6. The lowest BCUT2D eigenvalue weighted by Crippen LogP contribution is -1.91. The highest BCUT2D eigenvalue weighted by Gasteiger charge is 2.17. The van der Waals surface area contributed by atoms with Gasteiger partial charge in [0.2, 0.25) is 0 Å². The van der Waals surface area contributed by atoms with Gasteiger partial charge >= 0.3 is 0 Å². The average Bonchev–Trinajstić information content (AvgIpc) is 2.33. The van der Waals surface area contributed by atoms with Crippen LogP contribution in [0.15, 0.2) is 42.5 Å². The van der Waals surface area contributed by atoms with Gasteiger partial charge in [-0.15, -0.1) is 0 Å². The normalized spacial score (nSPS) is 10.1. The molecule has 0 atom stereocenters. The summed E-state index contributed by atoms with van der Waals surface area (Å²) in [6.07, 6.45) is 0. The lowest BCUT2D eigenvalue weighted by Gasteiger charge is -2.06. The van der Waals surface area contributed by atoms with E-state index >= 15 is 0 Å². The van der Waals surface area contributed by atoms with E-state index in [1.807, 2.05) is 0 Å². The molecule has 17 heavy (non-hydrogen) atoms. The topological polar surface area (TPSA) is 83.6 Å². The molecule has 2 N–H and O–H groups in total. The second-order valence-corrected chi connectivity index (χ2v) is 3.45. The molecule has 86 valence electrons. The standard InChI is InChI=1S/C12H9NO4/c14-11-7-3-5-9(12(11)15)8-4-1-2-6-10(8)13(16)17/h1-7,14-15H. The minimum atomic E-state index is -0.529. The number of phenols is 2. The molecule has 0 radical (unpaired) electrons. The molecule has 5 heteroatoms. The van der Waals surface area contributed by atoms with E-state index in [2.05, 4.69) is 0 Å². The molecule has 2 aromatic rings. The highest BCUT2D eigenvalue weighted by molar-refractivity contribution is 5.79. The Morgan fingerprint density at radius 3 is 2.29 bits per heavy atom. The number of phenolic OH excluding ortho intramolecular Hbond substituents is 2. The SMILES string of the molecule is O=[N+]([O-])c1ccccc1-c1cccc(O)c1O. The van der Waals surface area contributed by atoms with E-state index in [0.29, 0.717) is 0 Å². The van der Waals surface area contributed by atoms with Gasteiger partial charge in [0, 0.05) is 11.6 Å². The monoisotopic (exact) mass is 231 g/mol. The first-order chi connectivity index (χ1) is 8.11. The van der Waals surface area contributed by atoms with Crippen molar-refractivity contribution in [3.8, 4) is 22.6 Å². The van der Waals surface area contributed by atoms with E-state index < -0.39 is 4.92 Å². The van der Waals surface area contributed by atoms with Crippen LogP contribution in [0.4, 0.5) is 5.69 Å². The van der Waals surface area contributed by atoms with Crippen molar-refractivity contribution in [3.05, 3.63) is 52.6 Å². The van der Waals surface area contributed by atoms with Crippen LogP contribution in [0.3, 0.4) is 0 Å². The number of para-hydroxylation sites is 2. The molecule has 0 aromatic heterocycles. The molecule has 0 saturated heterocycles. The number of nitro groups is 1. The van der Waals surface area contributed by atoms with Crippen LogP contribution in [-0.2, 0) is 0 Å². The van der Waals surface area contributed by atoms with Crippen LogP contribution >= 0.6 is 0 Å². The molecule has 5 nitrogen and oxygen atoms in total. The third-order valence-corrected chi connectivity index (χ3v) is 2.41. The number of nitro benzene ring substituents is 1. The molecule has 0 aliphatic rings. The number of hydrogen-bond acceptors (Lipinski definition) is 4. The van der Waals surface area contributed by atoms with Gasteiger partial charge in [0.05, 0.1) is 10.5 Å². The first-order valence-corrected chi connectivity index (χ1v) is 4.86. The fourth-order valence-electron chi connectivity index (χ4n) is 1.61. The summed E-state index contributed by atoms with van der Waals surface area (Å²) in [6.45, 7) is 0. The van der Waals surface area contributed by atoms with Crippen molar-refractivity contribution in [2.24, 2.45) is 0 Å². The van der Waals surface area contributed by atoms with Gasteiger partial charge < -0.3 is 10.2 Å². The minimum Gasteiger partial charge on any atom is -0.504 e. The molecular weight excluding hydrogens is 222 g/mol. The fraction of sp³-hybridized carbons (Fsp3) is 0. The third-order valence-electron chi connectivity index (χ3n) is 2.41. The van der Waals surface area contributed by atoms with Gasteiger partial charge in [-0.2, -0.15) is 0 Å². The van der Waals surface area contributed by atoms with Gasteiger partial charge in [-0.05, 0) is 12.1 Å². The van der Waals surface area contributed by atoms with Crippen LogP contribution in [0.25, 0.3) is 11.1 Å². The van der Waals surface area contributed by atoms with Crippen molar-refractivity contribution >= 4 is 5.69 Å². The van der Waals surface area contributed by atoms with E-state index in [-0.39, 0.29) is 28.3 Å². The molecule has 0 spiro atoms. The molecule has 0 amide bonds. The smallest absolute Gasteiger partial charge is 0.277 e. The van der Waals surface area contributed by atoms with Gasteiger partial charge in [-0.3, -0.25) is 10.1 Å². The molecule has 0 aliphatic carbocycles. The van der Waals surface area contributed by atoms with Crippen molar-refractivity contribution in [1.82, 2.24) is 0 Å². The zero-order valence-corrected chi connectivity index (χ0v) is 8.70. The molecular formula is C12H9NO4. The quantitative estimate of drug-likeness (QED) is 0.472. The van der Waals surface area contributed by atoms with Crippen LogP contribution < -0.4 is 0 Å². The summed E-state index contributed by atoms with van der Waals surface area (Å²) >= 11 is 0.